The first-order valence-electron chi connectivity index (χ1n) is 8.89. The van der Waals surface area contributed by atoms with E-state index in [4.69, 9.17) is 9.56 Å². The van der Waals surface area contributed by atoms with Crippen molar-refractivity contribution >= 4 is 20.9 Å². The molecule has 0 fully saturated rings. The second-order valence-corrected chi connectivity index (χ2v) is 8.54. The van der Waals surface area contributed by atoms with Crippen LogP contribution in [0.4, 0.5) is 13.2 Å². The number of alkyl halides is 3. The summed E-state index contributed by atoms with van der Waals surface area (Å²) in [5.41, 5.74) is 1.69. The van der Waals surface area contributed by atoms with E-state index in [9.17, 15) is 21.6 Å². The molecule has 0 aliphatic carbocycles. The summed E-state index contributed by atoms with van der Waals surface area (Å²) in [6, 6.07) is 12.7. The third-order valence-corrected chi connectivity index (χ3v) is 5.85. The van der Waals surface area contributed by atoms with Crippen LogP contribution >= 0.6 is 0 Å². The van der Waals surface area contributed by atoms with Crippen LogP contribution in [0.5, 0.6) is 0 Å². The summed E-state index contributed by atoms with van der Waals surface area (Å²) >= 11 is 0. The zero-order chi connectivity index (χ0) is 21.8. The maximum atomic E-state index is 13.0. The van der Waals surface area contributed by atoms with Gasteiger partial charge in [-0.05, 0) is 68.4 Å². The van der Waals surface area contributed by atoms with Crippen LogP contribution in [0.3, 0.4) is 0 Å². The molecule has 2 N–H and O–H groups in total. The fraction of sp³-hybridized carbons (Fsp3) is 0.143. The highest BCUT2D eigenvalue weighted by atomic mass is 32.2. The minimum Gasteiger partial charge on any atom is -0.461 e. The Balaban J connectivity index is 2.02. The number of hydrogen-bond donors (Lipinski definition) is 1. The zero-order valence-electron chi connectivity index (χ0n) is 16.0. The Bertz CT molecular complexity index is 1370. The van der Waals surface area contributed by atoms with Gasteiger partial charge in [0, 0.05) is 22.3 Å². The van der Waals surface area contributed by atoms with Gasteiger partial charge in [0.15, 0.2) is 0 Å². The van der Waals surface area contributed by atoms with Gasteiger partial charge in [0.1, 0.15) is 11.5 Å². The summed E-state index contributed by atoms with van der Waals surface area (Å²) in [5.74, 6) is 1.19. The number of sulfonamides is 1. The number of nitrogens with two attached hydrogens (primary N) is 1. The Labute approximate surface area is 170 Å². The van der Waals surface area contributed by atoms with E-state index in [1.807, 2.05) is 0 Å². The Morgan fingerprint density at radius 1 is 0.967 bits per heavy atom. The number of fused-ring (bicyclic) bond motifs is 1. The van der Waals surface area contributed by atoms with Gasteiger partial charge in [0.05, 0.1) is 16.0 Å². The number of nitrogens with zero attached hydrogens (tertiary/aromatic N) is 1. The van der Waals surface area contributed by atoms with E-state index in [2.05, 4.69) is 0 Å². The average Bonchev–Trinajstić information content (AvgIpc) is 3.19. The highest BCUT2D eigenvalue weighted by molar-refractivity contribution is 7.89. The maximum Gasteiger partial charge on any atom is 0.416 e. The predicted octanol–water partition coefficient (Wildman–Crippen LogP) is 5.17. The second-order valence-electron chi connectivity index (χ2n) is 6.97. The number of furan rings is 1. The van der Waals surface area contributed by atoms with Gasteiger partial charge in [-0.3, -0.25) is 0 Å². The number of aryl methyl sites for hydroxylation is 1. The molecule has 0 saturated carbocycles. The molecule has 0 saturated heterocycles. The van der Waals surface area contributed by atoms with Gasteiger partial charge in [-0.25, -0.2) is 13.6 Å². The van der Waals surface area contributed by atoms with Crippen LogP contribution in [-0.4, -0.2) is 13.0 Å². The second kappa shape index (κ2) is 6.75. The maximum absolute atomic E-state index is 13.0. The summed E-state index contributed by atoms with van der Waals surface area (Å²) in [5, 5.41) is 5.85. The standard InChI is InChI=1S/C21H17F3N2O3S/c1-12-3-10-19(29-12)20-13(2)26(15-6-4-14(5-7-15)21(22,23)24)18-9-8-16(11-17(18)20)30(25,27)28/h3-11H,1-2H3,(H2,25,27,28). The van der Waals surface area contributed by atoms with Crippen LogP contribution in [0.2, 0.25) is 0 Å². The molecule has 156 valence electrons. The van der Waals surface area contributed by atoms with Crippen molar-refractivity contribution in [3.63, 3.8) is 0 Å². The topological polar surface area (TPSA) is 78.2 Å². The molecule has 5 nitrogen and oxygen atoms in total. The Kier molecular flexibility index (Phi) is 4.55. The fourth-order valence-electron chi connectivity index (χ4n) is 3.59. The molecule has 30 heavy (non-hydrogen) atoms. The van der Waals surface area contributed by atoms with Crippen molar-refractivity contribution in [1.29, 1.82) is 0 Å². The molecule has 0 radical (unpaired) electrons. The zero-order valence-corrected chi connectivity index (χ0v) is 16.8. The lowest BCUT2D eigenvalue weighted by Gasteiger charge is -2.11. The van der Waals surface area contributed by atoms with E-state index in [-0.39, 0.29) is 4.90 Å². The summed E-state index contributed by atoms with van der Waals surface area (Å²) in [4.78, 5) is -0.0657. The van der Waals surface area contributed by atoms with E-state index < -0.39 is 21.8 Å². The molecule has 9 heteroatoms. The SMILES string of the molecule is Cc1ccc(-c2c(C)n(-c3ccc(C(F)(F)F)cc3)c3ccc(S(N)(=O)=O)cc23)o1. The van der Waals surface area contributed by atoms with E-state index in [1.54, 1.807) is 36.6 Å². The third-order valence-electron chi connectivity index (χ3n) is 4.94. The number of rotatable bonds is 3. The lowest BCUT2D eigenvalue weighted by Crippen LogP contribution is -2.11. The largest absolute Gasteiger partial charge is 0.461 e. The summed E-state index contributed by atoms with van der Waals surface area (Å²) in [6.07, 6.45) is -4.44. The number of aromatic nitrogens is 1. The van der Waals surface area contributed by atoms with Gasteiger partial charge in [-0.15, -0.1) is 0 Å². The van der Waals surface area contributed by atoms with Gasteiger partial charge >= 0.3 is 6.18 Å². The summed E-state index contributed by atoms with van der Waals surface area (Å²) in [7, 11) is -3.94. The number of benzene rings is 2. The first kappa shape index (κ1) is 20.2. The quantitative estimate of drug-likeness (QED) is 0.483. The highest BCUT2D eigenvalue weighted by Gasteiger charge is 2.30. The summed E-state index contributed by atoms with van der Waals surface area (Å²) < 4.78 is 70.1. The third kappa shape index (κ3) is 3.40. The van der Waals surface area contributed by atoms with Gasteiger partial charge in [-0.2, -0.15) is 13.2 Å². The lowest BCUT2D eigenvalue weighted by molar-refractivity contribution is -0.137. The van der Waals surface area contributed by atoms with Crippen molar-refractivity contribution in [3.8, 4) is 17.0 Å². The van der Waals surface area contributed by atoms with Gasteiger partial charge < -0.3 is 8.98 Å². The van der Waals surface area contributed by atoms with Gasteiger partial charge in [0.2, 0.25) is 10.0 Å². The normalized spacial score (nSPS) is 12.6. The van der Waals surface area contributed by atoms with Crippen molar-refractivity contribution < 1.29 is 26.0 Å². The molecule has 4 aromatic rings. The van der Waals surface area contributed by atoms with Crippen molar-refractivity contribution in [2.24, 2.45) is 5.14 Å². The number of primary sulfonamides is 1. The van der Waals surface area contributed by atoms with Crippen molar-refractivity contribution in [3.05, 3.63) is 71.6 Å². The van der Waals surface area contributed by atoms with Crippen molar-refractivity contribution in [1.82, 2.24) is 4.57 Å². The average molecular weight is 434 g/mol. The van der Waals surface area contributed by atoms with Crippen LogP contribution in [0, 0.1) is 13.8 Å². The van der Waals surface area contributed by atoms with E-state index >= 15 is 0 Å². The molecule has 0 aliphatic heterocycles. The molecular weight excluding hydrogens is 417 g/mol. The summed E-state index contributed by atoms with van der Waals surface area (Å²) in [6.45, 7) is 3.57. The Morgan fingerprint density at radius 2 is 1.63 bits per heavy atom. The van der Waals surface area contributed by atoms with Crippen molar-refractivity contribution in [2.45, 2.75) is 24.9 Å². The smallest absolute Gasteiger partial charge is 0.416 e. The van der Waals surface area contributed by atoms with E-state index in [1.165, 1.54) is 24.3 Å². The molecule has 2 heterocycles. The van der Waals surface area contributed by atoms with E-state index in [0.29, 0.717) is 39.4 Å². The lowest BCUT2D eigenvalue weighted by atomic mass is 10.1. The minimum atomic E-state index is -4.44. The number of hydrogen-bond acceptors (Lipinski definition) is 3. The number of halogens is 3. The molecule has 0 bridgehead atoms. The molecule has 0 atom stereocenters. The fourth-order valence-corrected chi connectivity index (χ4v) is 4.13. The molecule has 2 aromatic heterocycles. The first-order valence-corrected chi connectivity index (χ1v) is 10.4. The molecule has 0 spiro atoms. The first-order chi connectivity index (χ1) is 14.0. The van der Waals surface area contributed by atoms with Crippen molar-refractivity contribution in [2.75, 3.05) is 0 Å². The Hall–Kier alpha value is -3.04. The van der Waals surface area contributed by atoms with Gasteiger partial charge in [-0.1, -0.05) is 0 Å². The molecular formula is C21H17F3N2O3S. The van der Waals surface area contributed by atoms with Crippen LogP contribution < -0.4 is 5.14 Å². The molecule has 2 aromatic carbocycles. The Morgan fingerprint density at radius 3 is 2.17 bits per heavy atom. The van der Waals surface area contributed by atoms with Crippen LogP contribution in [-0.2, 0) is 16.2 Å². The van der Waals surface area contributed by atoms with E-state index in [0.717, 1.165) is 12.1 Å². The molecule has 4 rings (SSSR count). The van der Waals surface area contributed by atoms with Crippen LogP contribution in [0.15, 0.2) is 63.9 Å². The van der Waals surface area contributed by atoms with Crippen LogP contribution in [0.1, 0.15) is 17.0 Å². The minimum absolute atomic E-state index is 0.0657. The van der Waals surface area contributed by atoms with Gasteiger partial charge in [0.25, 0.3) is 0 Å². The molecule has 0 amide bonds. The molecule has 0 aliphatic rings. The van der Waals surface area contributed by atoms with Crippen LogP contribution in [0.25, 0.3) is 27.9 Å². The highest BCUT2D eigenvalue weighted by Crippen LogP contribution is 2.39. The monoisotopic (exact) mass is 434 g/mol. The predicted molar refractivity (Wildman–Crippen MR) is 107 cm³/mol. The molecule has 0 unspecified atom stereocenters.